The number of aromatic nitrogens is 1. The van der Waals surface area contributed by atoms with Crippen molar-refractivity contribution in [3.05, 3.63) is 83.0 Å². The van der Waals surface area contributed by atoms with Gasteiger partial charge in [-0.1, -0.05) is 23.7 Å². The molecule has 0 atom stereocenters. The van der Waals surface area contributed by atoms with Gasteiger partial charge < -0.3 is 16.4 Å². The first kappa shape index (κ1) is 16.8. The fourth-order valence-corrected chi connectivity index (χ4v) is 2.45. The molecule has 0 aliphatic heterocycles. The fourth-order valence-electron chi connectivity index (χ4n) is 2.33. The van der Waals surface area contributed by atoms with E-state index in [0.29, 0.717) is 22.9 Å². The van der Waals surface area contributed by atoms with Gasteiger partial charge in [0, 0.05) is 29.0 Å². The van der Waals surface area contributed by atoms with Gasteiger partial charge in [0.25, 0.3) is 5.91 Å². The number of rotatable bonds is 5. The van der Waals surface area contributed by atoms with Gasteiger partial charge in [-0.2, -0.15) is 0 Å². The van der Waals surface area contributed by atoms with E-state index in [-0.39, 0.29) is 5.91 Å². The minimum absolute atomic E-state index is 0.182. The van der Waals surface area contributed by atoms with Crippen molar-refractivity contribution in [2.75, 3.05) is 16.4 Å². The third-order valence-electron chi connectivity index (χ3n) is 3.61. The van der Waals surface area contributed by atoms with E-state index in [0.717, 1.165) is 16.9 Å². The maximum Gasteiger partial charge on any atom is 0.255 e. The molecule has 1 aromatic heterocycles. The van der Waals surface area contributed by atoms with Crippen LogP contribution in [0, 0.1) is 0 Å². The highest BCUT2D eigenvalue weighted by atomic mass is 35.5. The second kappa shape index (κ2) is 7.68. The highest BCUT2D eigenvalue weighted by Gasteiger charge is 2.06. The molecule has 0 bridgehead atoms. The quantitative estimate of drug-likeness (QED) is 0.643. The lowest BCUT2D eigenvalue weighted by molar-refractivity contribution is 0.102. The first-order valence-corrected chi connectivity index (χ1v) is 8.10. The van der Waals surface area contributed by atoms with E-state index in [9.17, 15) is 4.79 Å². The van der Waals surface area contributed by atoms with Crippen molar-refractivity contribution in [3.8, 4) is 0 Å². The Kier molecular flexibility index (Phi) is 5.16. The molecular weight excluding hydrogens is 336 g/mol. The van der Waals surface area contributed by atoms with Crippen LogP contribution in [0.5, 0.6) is 0 Å². The molecule has 0 aliphatic rings. The Bertz CT molecular complexity index is 881. The van der Waals surface area contributed by atoms with E-state index in [1.54, 1.807) is 30.5 Å². The summed E-state index contributed by atoms with van der Waals surface area (Å²) < 4.78 is 0. The summed E-state index contributed by atoms with van der Waals surface area (Å²) in [6.07, 6.45) is 1.65. The van der Waals surface area contributed by atoms with Crippen molar-refractivity contribution in [1.82, 2.24) is 4.98 Å². The molecule has 1 amide bonds. The Morgan fingerprint density at radius 1 is 1.08 bits per heavy atom. The predicted molar refractivity (Wildman–Crippen MR) is 102 cm³/mol. The molecule has 6 heteroatoms. The number of anilines is 3. The van der Waals surface area contributed by atoms with Crippen molar-refractivity contribution in [1.29, 1.82) is 0 Å². The van der Waals surface area contributed by atoms with Crippen LogP contribution >= 0.6 is 11.6 Å². The average molecular weight is 353 g/mol. The van der Waals surface area contributed by atoms with Crippen molar-refractivity contribution < 1.29 is 4.79 Å². The molecule has 4 N–H and O–H groups in total. The number of amides is 1. The van der Waals surface area contributed by atoms with Crippen LogP contribution in [0.3, 0.4) is 0 Å². The number of halogens is 1. The maximum absolute atomic E-state index is 12.3. The number of nitrogen functional groups attached to an aromatic ring is 1. The molecule has 0 saturated heterocycles. The summed E-state index contributed by atoms with van der Waals surface area (Å²) in [7, 11) is 0. The van der Waals surface area contributed by atoms with Gasteiger partial charge in [0.05, 0.1) is 5.69 Å². The largest absolute Gasteiger partial charge is 0.382 e. The molecule has 0 aliphatic carbocycles. The molecule has 3 rings (SSSR count). The molecule has 126 valence electrons. The monoisotopic (exact) mass is 352 g/mol. The Morgan fingerprint density at radius 3 is 2.64 bits per heavy atom. The molecule has 1 heterocycles. The van der Waals surface area contributed by atoms with Crippen molar-refractivity contribution in [2.24, 2.45) is 0 Å². The summed E-state index contributed by atoms with van der Waals surface area (Å²) in [5.41, 5.74) is 8.88. The van der Waals surface area contributed by atoms with E-state index in [2.05, 4.69) is 15.6 Å². The van der Waals surface area contributed by atoms with E-state index in [4.69, 9.17) is 17.3 Å². The number of nitrogens with one attached hydrogen (secondary N) is 2. The minimum atomic E-state index is -0.182. The van der Waals surface area contributed by atoms with Gasteiger partial charge in [0.2, 0.25) is 0 Å². The zero-order chi connectivity index (χ0) is 17.6. The number of carbonyl (C=O) groups excluding carboxylic acids is 1. The SMILES string of the molecule is Nc1ncccc1NCc1cccc(NC(=O)c2ccc(Cl)cc2)c1. The summed E-state index contributed by atoms with van der Waals surface area (Å²) >= 11 is 5.84. The molecule has 0 spiro atoms. The third-order valence-corrected chi connectivity index (χ3v) is 3.86. The van der Waals surface area contributed by atoms with E-state index in [1.807, 2.05) is 36.4 Å². The number of benzene rings is 2. The van der Waals surface area contributed by atoms with E-state index >= 15 is 0 Å². The van der Waals surface area contributed by atoms with Crippen molar-refractivity contribution in [3.63, 3.8) is 0 Å². The number of pyridine rings is 1. The second-order valence-corrected chi connectivity index (χ2v) is 5.89. The van der Waals surface area contributed by atoms with Gasteiger partial charge in [-0.15, -0.1) is 0 Å². The molecule has 2 aromatic carbocycles. The number of nitrogens with two attached hydrogens (primary N) is 1. The average Bonchev–Trinajstić information content (AvgIpc) is 2.62. The smallest absolute Gasteiger partial charge is 0.255 e. The maximum atomic E-state index is 12.3. The Hall–Kier alpha value is -3.05. The molecular formula is C19H17ClN4O. The summed E-state index contributed by atoms with van der Waals surface area (Å²) in [5.74, 6) is 0.271. The molecule has 5 nitrogen and oxygen atoms in total. The number of hydrogen-bond donors (Lipinski definition) is 3. The number of nitrogens with zero attached hydrogens (tertiary/aromatic N) is 1. The van der Waals surface area contributed by atoms with Gasteiger partial charge in [0.1, 0.15) is 5.82 Å². The topological polar surface area (TPSA) is 80.0 Å². The molecule has 0 unspecified atom stereocenters. The standard InChI is InChI=1S/C19H17ClN4O/c20-15-8-6-14(7-9-15)19(25)24-16-4-1-3-13(11-16)12-23-17-5-2-10-22-18(17)21/h1-11,23H,12H2,(H2,21,22)(H,24,25). The minimum Gasteiger partial charge on any atom is -0.382 e. The summed E-state index contributed by atoms with van der Waals surface area (Å²) in [5, 5.41) is 6.71. The van der Waals surface area contributed by atoms with Crippen LogP contribution < -0.4 is 16.4 Å². The summed E-state index contributed by atoms with van der Waals surface area (Å²) in [6, 6.07) is 18.1. The van der Waals surface area contributed by atoms with Gasteiger partial charge in [-0.05, 0) is 54.1 Å². The van der Waals surface area contributed by atoms with Crippen LogP contribution in [0.4, 0.5) is 17.2 Å². The second-order valence-electron chi connectivity index (χ2n) is 5.45. The van der Waals surface area contributed by atoms with Crippen LogP contribution in [0.25, 0.3) is 0 Å². The normalized spacial score (nSPS) is 10.3. The lowest BCUT2D eigenvalue weighted by Crippen LogP contribution is -2.12. The van der Waals surface area contributed by atoms with E-state index in [1.165, 1.54) is 0 Å². The zero-order valence-electron chi connectivity index (χ0n) is 13.4. The molecule has 0 radical (unpaired) electrons. The van der Waals surface area contributed by atoms with Crippen molar-refractivity contribution >= 4 is 34.7 Å². The van der Waals surface area contributed by atoms with Gasteiger partial charge in [-0.3, -0.25) is 4.79 Å². The molecule has 0 saturated carbocycles. The Labute approximate surface area is 150 Å². The Morgan fingerprint density at radius 2 is 1.88 bits per heavy atom. The zero-order valence-corrected chi connectivity index (χ0v) is 14.1. The number of hydrogen-bond acceptors (Lipinski definition) is 4. The predicted octanol–water partition coefficient (Wildman–Crippen LogP) is 4.18. The summed E-state index contributed by atoms with van der Waals surface area (Å²) in [6.45, 7) is 0.570. The molecule has 3 aromatic rings. The van der Waals surface area contributed by atoms with Gasteiger partial charge >= 0.3 is 0 Å². The van der Waals surface area contributed by atoms with Crippen LogP contribution in [-0.4, -0.2) is 10.9 Å². The Balaban J connectivity index is 1.66. The molecule has 0 fully saturated rings. The number of carbonyl (C=O) groups is 1. The lowest BCUT2D eigenvalue weighted by Gasteiger charge is -2.10. The van der Waals surface area contributed by atoms with E-state index < -0.39 is 0 Å². The van der Waals surface area contributed by atoms with Gasteiger partial charge in [0.15, 0.2) is 0 Å². The first-order valence-electron chi connectivity index (χ1n) is 7.72. The molecule has 25 heavy (non-hydrogen) atoms. The van der Waals surface area contributed by atoms with Crippen LogP contribution in [-0.2, 0) is 6.54 Å². The summed E-state index contributed by atoms with van der Waals surface area (Å²) in [4.78, 5) is 16.3. The van der Waals surface area contributed by atoms with Crippen LogP contribution in [0.15, 0.2) is 66.9 Å². The van der Waals surface area contributed by atoms with Crippen LogP contribution in [0.2, 0.25) is 5.02 Å². The highest BCUT2D eigenvalue weighted by molar-refractivity contribution is 6.30. The van der Waals surface area contributed by atoms with Gasteiger partial charge in [-0.25, -0.2) is 4.98 Å². The fraction of sp³-hybridized carbons (Fsp3) is 0.0526. The first-order chi connectivity index (χ1) is 12.1. The lowest BCUT2D eigenvalue weighted by atomic mass is 10.1. The third kappa shape index (κ3) is 4.49. The highest BCUT2D eigenvalue weighted by Crippen LogP contribution is 2.17. The van der Waals surface area contributed by atoms with Crippen LogP contribution in [0.1, 0.15) is 15.9 Å². The van der Waals surface area contributed by atoms with Crippen molar-refractivity contribution in [2.45, 2.75) is 6.54 Å².